The van der Waals surface area contributed by atoms with E-state index in [9.17, 15) is 14.4 Å². The van der Waals surface area contributed by atoms with Crippen LogP contribution in [0.2, 0.25) is 0 Å². The first-order valence-corrected chi connectivity index (χ1v) is 16.5. The van der Waals surface area contributed by atoms with Gasteiger partial charge in [0.05, 0.1) is 18.1 Å². The zero-order valence-electron chi connectivity index (χ0n) is 29.1. The first-order valence-electron chi connectivity index (χ1n) is 16.5. The Morgan fingerprint density at radius 3 is 1.40 bits per heavy atom. The molecule has 3 heterocycles. The summed E-state index contributed by atoms with van der Waals surface area (Å²) >= 11 is 0. The number of rotatable bonds is 6. The molecule has 4 unspecified atom stereocenters. The SMILES string of the molecule is Cc1cc(C)n(C(=O)NC2CC(C)(C)CC(C)(CN3CN(CC4(C)CC(NC(=O)n5nc(C)cc5C)CC(C)(C)C4)C3=O)C2)n1. The van der Waals surface area contributed by atoms with Crippen molar-refractivity contribution in [1.29, 1.82) is 0 Å². The molecule has 2 aromatic rings. The molecule has 2 aromatic heterocycles. The van der Waals surface area contributed by atoms with Gasteiger partial charge >= 0.3 is 18.1 Å². The van der Waals surface area contributed by atoms with Crippen molar-refractivity contribution >= 4 is 18.1 Å². The lowest BCUT2D eigenvalue weighted by atomic mass is 9.62. The highest BCUT2D eigenvalue weighted by atomic mass is 16.2. The van der Waals surface area contributed by atoms with E-state index in [2.05, 4.69) is 62.4 Å². The van der Waals surface area contributed by atoms with E-state index < -0.39 is 0 Å². The predicted octanol–water partition coefficient (Wildman–Crippen LogP) is 5.99. The molecule has 1 saturated heterocycles. The van der Waals surface area contributed by atoms with Gasteiger partial charge in [-0.15, -0.1) is 0 Å². The topological polar surface area (TPSA) is 117 Å². The Morgan fingerprint density at radius 2 is 1.09 bits per heavy atom. The zero-order valence-corrected chi connectivity index (χ0v) is 29.1. The highest BCUT2D eigenvalue weighted by Gasteiger charge is 2.49. The van der Waals surface area contributed by atoms with Gasteiger partial charge in [0.2, 0.25) is 0 Å². The van der Waals surface area contributed by atoms with E-state index in [-0.39, 0.29) is 51.8 Å². The van der Waals surface area contributed by atoms with Crippen molar-refractivity contribution in [2.45, 2.75) is 120 Å². The van der Waals surface area contributed by atoms with Crippen LogP contribution in [0.5, 0.6) is 0 Å². The highest BCUT2D eigenvalue weighted by Crippen LogP contribution is 2.49. The summed E-state index contributed by atoms with van der Waals surface area (Å²) in [6, 6.07) is 3.53. The number of nitrogens with zero attached hydrogens (tertiary/aromatic N) is 6. The van der Waals surface area contributed by atoms with Gasteiger partial charge in [-0.3, -0.25) is 0 Å². The Bertz CT molecular complexity index is 1370. The van der Waals surface area contributed by atoms with Gasteiger partial charge < -0.3 is 20.4 Å². The van der Waals surface area contributed by atoms with Gasteiger partial charge in [0, 0.05) is 36.6 Å². The quantitative estimate of drug-likeness (QED) is 0.410. The van der Waals surface area contributed by atoms with Crippen LogP contribution < -0.4 is 10.6 Å². The van der Waals surface area contributed by atoms with Crippen LogP contribution in [0.3, 0.4) is 0 Å². The Kier molecular flexibility index (Phi) is 8.40. The fraction of sp³-hybridized carbons (Fsp3) is 0.735. The third-order valence-electron chi connectivity index (χ3n) is 9.97. The number of carbonyl (C=O) groups excluding carboxylic acids is 3. The number of urea groups is 1. The lowest BCUT2D eigenvalue weighted by Gasteiger charge is -2.54. The molecule has 5 rings (SSSR count). The van der Waals surface area contributed by atoms with E-state index in [0.29, 0.717) is 19.8 Å². The number of nitrogens with one attached hydrogen (secondary N) is 2. The van der Waals surface area contributed by atoms with Crippen LogP contribution in [0, 0.1) is 49.4 Å². The second-order valence-electron chi connectivity index (χ2n) is 16.9. The Hall–Kier alpha value is -3.37. The van der Waals surface area contributed by atoms with Crippen LogP contribution in [0.15, 0.2) is 12.1 Å². The second-order valence-corrected chi connectivity index (χ2v) is 16.9. The van der Waals surface area contributed by atoms with Gasteiger partial charge in [-0.1, -0.05) is 41.5 Å². The van der Waals surface area contributed by atoms with Crippen LogP contribution in [-0.4, -0.2) is 79.3 Å². The van der Waals surface area contributed by atoms with E-state index in [1.807, 2.05) is 49.6 Å². The summed E-state index contributed by atoms with van der Waals surface area (Å²) < 4.78 is 2.90. The van der Waals surface area contributed by atoms with Crippen molar-refractivity contribution < 1.29 is 14.4 Å². The molecule has 11 nitrogen and oxygen atoms in total. The van der Waals surface area contributed by atoms with E-state index in [0.717, 1.165) is 61.3 Å². The molecule has 0 spiro atoms. The summed E-state index contributed by atoms with van der Waals surface area (Å²) in [5, 5.41) is 15.2. The fourth-order valence-electron chi connectivity index (χ4n) is 9.46. The van der Waals surface area contributed by atoms with Crippen molar-refractivity contribution in [1.82, 2.24) is 40.0 Å². The minimum Gasteiger partial charge on any atom is -0.333 e. The molecule has 0 aromatic carbocycles. The third kappa shape index (κ3) is 7.38. The first-order chi connectivity index (χ1) is 20.7. The smallest absolute Gasteiger partial charge is 0.333 e. The molecule has 1 aliphatic heterocycles. The number of hydrogen-bond acceptors (Lipinski definition) is 5. The molecule has 45 heavy (non-hydrogen) atoms. The maximum Gasteiger partial charge on any atom is 0.342 e. The van der Waals surface area contributed by atoms with Crippen molar-refractivity contribution in [3.05, 3.63) is 34.9 Å². The maximum atomic E-state index is 13.6. The van der Waals surface area contributed by atoms with Crippen LogP contribution in [0.25, 0.3) is 0 Å². The molecule has 0 radical (unpaired) electrons. The molecule has 3 fully saturated rings. The van der Waals surface area contributed by atoms with Crippen LogP contribution in [0.1, 0.15) is 103 Å². The Morgan fingerprint density at radius 1 is 0.711 bits per heavy atom. The molecule has 0 bridgehead atoms. The van der Waals surface area contributed by atoms with E-state index in [4.69, 9.17) is 0 Å². The summed E-state index contributed by atoms with van der Waals surface area (Å²) in [6.07, 6.45) is 5.37. The maximum absolute atomic E-state index is 13.6. The number of amides is 4. The summed E-state index contributed by atoms with van der Waals surface area (Å²) in [5.41, 5.74) is 3.10. The molecule has 4 atom stereocenters. The van der Waals surface area contributed by atoms with Gasteiger partial charge in [-0.2, -0.15) is 19.6 Å². The molecule has 3 aliphatic rings. The van der Waals surface area contributed by atoms with Crippen molar-refractivity contribution in [3.8, 4) is 0 Å². The zero-order chi connectivity index (χ0) is 33.1. The van der Waals surface area contributed by atoms with Crippen LogP contribution >= 0.6 is 0 Å². The van der Waals surface area contributed by atoms with Crippen molar-refractivity contribution in [3.63, 3.8) is 0 Å². The molecular weight excluding hydrogens is 568 g/mol. The molecule has 2 N–H and O–H groups in total. The highest BCUT2D eigenvalue weighted by molar-refractivity contribution is 5.79. The van der Waals surface area contributed by atoms with E-state index in [1.54, 1.807) is 0 Å². The van der Waals surface area contributed by atoms with E-state index >= 15 is 0 Å². The minimum atomic E-state index is -0.190. The Labute approximate surface area is 268 Å². The average molecular weight is 623 g/mol. The minimum absolute atomic E-state index is 0.00704. The number of aryl methyl sites for hydroxylation is 4. The second kappa shape index (κ2) is 11.5. The van der Waals surface area contributed by atoms with Crippen molar-refractivity contribution in [2.75, 3.05) is 19.8 Å². The Balaban J connectivity index is 1.19. The lowest BCUT2D eigenvalue weighted by molar-refractivity contribution is -0.0274. The molecular formula is C34H54N8O3. The van der Waals surface area contributed by atoms with Gasteiger partial charge in [0.15, 0.2) is 0 Å². The van der Waals surface area contributed by atoms with Gasteiger partial charge in [-0.25, -0.2) is 14.4 Å². The van der Waals surface area contributed by atoms with Gasteiger partial charge in [0.25, 0.3) is 0 Å². The standard InChI is InChI=1S/C34H54N8O3/c1-22-11-24(3)41(37-22)28(43)35-26-13-31(5,6)17-33(9,15-26)19-39-21-40(30(39)45)20-34(10)16-27(14-32(7,8)18-34)36-29(44)42-25(4)12-23(2)38-42/h11-12,26-27H,13-21H2,1-10H3,(H,35,43)(H,36,44). The molecule has 248 valence electrons. The summed E-state index contributed by atoms with van der Waals surface area (Å²) in [4.78, 5) is 43.7. The van der Waals surface area contributed by atoms with E-state index in [1.165, 1.54) is 9.36 Å². The molecule has 2 aliphatic carbocycles. The molecule has 11 heteroatoms. The van der Waals surface area contributed by atoms with Crippen LogP contribution in [-0.2, 0) is 0 Å². The number of hydrogen-bond donors (Lipinski definition) is 2. The largest absolute Gasteiger partial charge is 0.342 e. The molecule has 2 saturated carbocycles. The first kappa shape index (κ1) is 33.0. The summed E-state index contributed by atoms with van der Waals surface area (Å²) in [5.74, 6) is 0. The third-order valence-corrected chi connectivity index (χ3v) is 9.97. The number of carbonyl (C=O) groups is 3. The van der Waals surface area contributed by atoms with Crippen LogP contribution in [0.4, 0.5) is 14.4 Å². The van der Waals surface area contributed by atoms with Gasteiger partial charge in [-0.05, 0) is 100 Å². The van der Waals surface area contributed by atoms with Gasteiger partial charge in [0.1, 0.15) is 0 Å². The predicted molar refractivity (Wildman–Crippen MR) is 174 cm³/mol. The fourth-order valence-corrected chi connectivity index (χ4v) is 9.46. The lowest BCUT2D eigenvalue weighted by Crippen LogP contribution is -2.65. The summed E-state index contributed by atoms with van der Waals surface area (Å²) in [7, 11) is 0. The average Bonchev–Trinajstić information content (AvgIpc) is 3.39. The van der Waals surface area contributed by atoms with Crippen molar-refractivity contribution in [2.24, 2.45) is 21.7 Å². The summed E-state index contributed by atoms with van der Waals surface area (Å²) in [6.45, 7) is 23.1. The number of aromatic nitrogens is 4. The molecule has 4 amide bonds. The monoisotopic (exact) mass is 622 g/mol. The normalized spacial score (nSPS) is 29.3.